The smallest absolute Gasteiger partial charge is 0.243 e. The first-order valence-electron chi connectivity index (χ1n) is 7.33. The maximum absolute atomic E-state index is 12.8. The van der Waals surface area contributed by atoms with Gasteiger partial charge in [0.2, 0.25) is 15.9 Å². The van der Waals surface area contributed by atoms with Gasteiger partial charge in [0.05, 0.1) is 17.7 Å². The largest absolute Gasteiger partial charge is 0.495 e. The minimum Gasteiger partial charge on any atom is -0.495 e. The average Bonchev–Trinajstić information content (AvgIpc) is 2.46. The fourth-order valence-electron chi connectivity index (χ4n) is 2.70. The fourth-order valence-corrected chi connectivity index (χ4v) is 4.43. The molecule has 122 valence electrons. The third-order valence-corrected chi connectivity index (χ3v) is 5.84. The van der Waals surface area contributed by atoms with Crippen LogP contribution in [0, 0.1) is 0 Å². The van der Waals surface area contributed by atoms with Crippen LogP contribution in [0.1, 0.15) is 33.1 Å². The Hall–Kier alpha value is -1.60. The van der Waals surface area contributed by atoms with Gasteiger partial charge in [-0.2, -0.15) is 4.31 Å². The molecule has 1 aromatic rings. The Kier molecular flexibility index (Phi) is 5.08. The second-order valence-electron chi connectivity index (χ2n) is 5.50. The zero-order valence-corrected chi connectivity index (χ0v) is 13.9. The fraction of sp³-hybridized carbons (Fsp3) is 0.533. The second-order valence-corrected chi connectivity index (χ2v) is 7.39. The summed E-state index contributed by atoms with van der Waals surface area (Å²) in [6, 6.07) is 4.52. The van der Waals surface area contributed by atoms with Gasteiger partial charge in [-0.3, -0.25) is 4.79 Å². The predicted molar refractivity (Wildman–Crippen MR) is 84.5 cm³/mol. The number of carbonyl (C=O) groups is 1. The van der Waals surface area contributed by atoms with Gasteiger partial charge in [-0.05, 0) is 38.0 Å². The Balaban J connectivity index is 2.40. The summed E-state index contributed by atoms with van der Waals surface area (Å²) in [5.74, 6) is 0.153. The van der Waals surface area contributed by atoms with Gasteiger partial charge in [0, 0.05) is 19.5 Å². The monoisotopic (exact) mass is 326 g/mol. The summed E-state index contributed by atoms with van der Waals surface area (Å²) in [5.41, 5.74) is 0.362. The number of hydrogen-bond donors (Lipinski definition) is 1. The van der Waals surface area contributed by atoms with Crippen molar-refractivity contribution in [1.29, 1.82) is 0 Å². The Morgan fingerprint density at radius 2 is 2.09 bits per heavy atom. The molecule has 0 unspecified atom stereocenters. The molecule has 1 heterocycles. The first-order valence-corrected chi connectivity index (χ1v) is 8.77. The molecule has 1 aromatic carbocycles. The van der Waals surface area contributed by atoms with Crippen LogP contribution in [0.25, 0.3) is 0 Å². The van der Waals surface area contributed by atoms with Crippen molar-refractivity contribution >= 4 is 21.6 Å². The van der Waals surface area contributed by atoms with E-state index in [9.17, 15) is 13.2 Å². The van der Waals surface area contributed by atoms with Gasteiger partial charge in [0.25, 0.3) is 0 Å². The van der Waals surface area contributed by atoms with Crippen LogP contribution in [0.2, 0.25) is 0 Å². The number of carbonyl (C=O) groups excluding carboxylic acids is 1. The molecule has 0 radical (unpaired) electrons. The van der Waals surface area contributed by atoms with Crippen molar-refractivity contribution in [3.63, 3.8) is 0 Å². The van der Waals surface area contributed by atoms with E-state index in [1.807, 2.05) is 6.92 Å². The number of anilines is 1. The molecule has 0 bridgehead atoms. The zero-order valence-electron chi connectivity index (χ0n) is 13.1. The summed E-state index contributed by atoms with van der Waals surface area (Å²) in [4.78, 5) is 11.4. The molecule has 1 aliphatic rings. The van der Waals surface area contributed by atoms with E-state index >= 15 is 0 Å². The molecule has 0 saturated carbocycles. The maximum Gasteiger partial charge on any atom is 0.243 e. The Morgan fingerprint density at radius 3 is 2.68 bits per heavy atom. The first kappa shape index (κ1) is 16.8. The van der Waals surface area contributed by atoms with Gasteiger partial charge >= 0.3 is 0 Å². The number of hydrogen-bond acceptors (Lipinski definition) is 4. The van der Waals surface area contributed by atoms with Crippen LogP contribution in [-0.2, 0) is 14.8 Å². The third kappa shape index (κ3) is 3.41. The van der Waals surface area contributed by atoms with E-state index in [0.717, 1.165) is 19.3 Å². The lowest BCUT2D eigenvalue weighted by molar-refractivity contribution is -0.114. The molecule has 1 atom stereocenters. The van der Waals surface area contributed by atoms with Gasteiger partial charge < -0.3 is 10.1 Å². The van der Waals surface area contributed by atoms with Gasteiger partial charge in [-0.25, -0.2) is 8.42 Å². The number of ether oxygens (including phenoxy) is 1. The zero-order chi connectivity index (χ0) is 16.3. The standard InChI is InChI=1S/C15H22N2O4S/c1-11-6-4-5-9-17(11)22(19,20)13-7-8-15(21-3)14(10-13)16-12(2)18/h7-8,10-11H,4-6,9H2,1-3H3,(H,16,18)/t11-/m1/s1. The molecule has 1 aliphatic heterocycles. The molecule has 7 heteroatoms. The maximum atomic E-state index is 12.8. The first-order chi connectivity index (χ1) is 10.4. The van der Waals surface area contributed by atoms with Crippen molar-refractivity contribution in [3.05, 3.63) is 18.2 Å². The van der Waals surface area contributed by atoms with E-state index in [0.29, 0.717) is 18.0 Å². The summed E-state index contributed by atoms with van der Waals surface area (Å²) in [7, 11) is -2.09. The highest BCUT2D eigenvalue weighted by atomic mass is 32.2. The van der Waals surface area contributed by atoms with Crippen LogP contribution in [0.5, 0.6) is 5.75 Å². The highest BCUT2D eigenvalue weighted by Gasteiger charge is 2.31. The quantitative estimate of drug-likeness (QED) is 0.920. The van der Waals surface area contributed by atoms with Crippen LogP contribution >= 0.6 is 0 Å². The summed E-state index contributed by atoms with van der Waals surface area (Å²) in [6.07, 6.45) is 2.79. The normalized spacial score (nSPS) is 19.7. The average molecular weight is 326 g/mol. The number of rotatable bonds is 4. The van der Waals surface area contributed by atoms with E-state index in [1.54, 1.807) is 6.07 Å². The number of sulfonamides is 1. The number of methoxy groups -OCH3 is 1. The van der Waals surface area contributed by atoms with Crippen LogP contribution in [0.3, 0.4) is 0 Å². The third-order valence-electron chi connectivity index (χ3n) is 3.83. The highest BCUT2D eigenvalue weighted by Crippen LogP contribution is 2.31. The SMILES string of the molecule is COc1ccc(S(=O)(=O)N2CCCC[C@H]2C)cc1NC(C)=O. The summed E-state index contributed by atoms with van der Waals surface area (Å²) < 4.78 is 32.3. The molecule has 0 aliphatic carbocycles. The van der Waals surface area contributed by atoms with Gasteiger partial charge in [-0.1, -0.05) is 6.42 Å². The van der Waals surface area contributed by atoms with E-state index in [2.05, 4.69) is 5.32 Å². The molecule has 22 heavy (non-hydrogen) atoms. The highest BCUT2D eigenvalue weighted by molar-refractivity contribution is 7.89. The molecule has 0 spiro atoms. The van der Waals surface area contributed by atoms with Crippen LogP contribution in [0.15, 0.2) is 23.1 Å². The molecule has 1 N–H and O–H groups in total. The van der Waals surface area contributed by atoms with Crippen molar-refractivity contribution in [2.75, 3.05) is 19.0 Å². The summed E-state index contributed by atoms with van der Waals surface area (Å²) in [6.45, 7) is 3.83. The Morgan fingerprint density at radius 1 is 1.36 bits per heavy atom. The van der Waals surface area contributed by atoms with Crippen molar-refractivity contribution in [2.45, 2.75) is 44.0 Å². The number of piperidine rings is 1. The molecule has 0 aromatic heterocycles. The Bertz CT molecular complexity index is 658. The van der Waals surface area contributed by atoms with Crippen molar-refractivity contribution in [1.82, 2.24) is 4.31 Å². The molecule has 1 amide bonds. The van der Waals surface area contributed by atoms with Crippen LogP contribution in [-0.4, -0.2) is 38.3 Å². The number of benzene rings is 1. The van der Waals surface area contributed by atoms with E-state index < -0.39 is 10.0 Å². The molecular weight excluding hydrogens is 304 g/mol. The van der Waals surface area contributed by atoms with E-state index in [-0.39, 0.29) is 16.8 Å². The van der Waals surface area contributed by atoms with Gasteiger partial charge in [0.1, 0.15) is 5.75 Å². The van der Waals surface area contributed by atoms with E-state index in [4.69, 9.17) is 4.74 Å². The topological polar surface area (TPSA) is 75.7 Å². The minimum atomic E-state index is -3.57. The lowest BCUT2D eigenvalue weighted by Gasteiger charge is -2.32. The number of nitrogens with zero attached hydrogens (tertiary/aromatic N) is 1. The summed E-state index contributed by atoms with van der Waals surface area (Å²) in [5, 5.41) is 2.60. The predicted octanol–water partition coefficient (Wildman–Crippen LogP) is 2.22. The lowest BCUT2D eigenvalue weighted by Crippen LogP contribution is -2.41. The number of amides is 1. The van der Waals surface area contributed by atoms with Crippen LogP contribution in [0.4, 0.5) is 5.69 Å². The second kappa shape index (κ2) is 6.66. The van der Waals surface area contributed by atoms with Crippen molar-refractivity contribution in [3.8, 4) is 5.75 Å². The van der Waals surface area contributed by atoms with Gasteiger partial charge in [0.15, 0.2) is 0 Å². The summed E-state index contributed by atoms with van der Waals surface area (Å²) >= 11 is 0. The molecule has 6 nitrogen and oxygen atoms in total. The number of nitrogens with one attached hydrogen (secondary N) is 1. The molecule has 1 fully saturated rings. The molecule has 2 rings (SSSR count). The van der Waals surface area contributed by atoms with Gasteiger partial charge in [-0.15, -0.1) is 0 Å². The Labute approximate surface area is 131 Å². The van der Waals surface area contributed by atoms with Crippen molar-refractivity contribution < 1.29 is 17.9 Å². The molecule has 1 saturated heterocycles. The van der Waals surface area contributed by atoms with E-state index in [1.165, 1.54) is 30.5 Å². The minimum absolute atomic E-state index is 0.00920. The molecular formula is C15H22N2O4S. The van der Waals surface area contributed by atoms with Crippen LogP contribution < -0.4 is 10.1 Å². The van der Waals surface area contributed by atoms with Crippen molar-refractivity contribution in [2.24, 2.45) is 0 Å². The lowest BCUT2D eigenvalue weighted by atomic mass is 10.1.